The molecule has 1 aliphatic carbocycles. The fourth-order valence-electron chi connectivity index (χ4n) is 0.799. The molecule has 0 amide bonds. The van der Waals surface area contributed by atoms with Gasteiger partial charge in [0.25, 0.3) is 0 Å². The summed E-state index contributed by atoms with van der Waals surface area (Å²) in [5.41, 5.74) is 0. The molecule has 0 saturated heterocycles. The SMILES string of the molecule is CC1C[C]CC1. The Hall–Kier alpha value is 0. The van der Waals surface area contributed by atoms with Gasteiger partial charge in [-0.2, -0.15) is 0 Å². The smallest absolute Gasteiger partial charge is 0.0171 e. The Morgan fingerprint density at radius 1 is 1.67 bits per heavy atom. The van der Waals surface area contributed by atoms with Crippen LogP contribution in [0.4, 0.5) is 0 Å². The molecule has 0 aromatic carbocycles. The van der Waals surface area contributed by atoms with Crippen molar-refractivity contribution in [1.82, 2.24) is 0 Å². The Bertz CT molecular complexity index is 33.3. The van der Waals surface area contributed by atoms with E-state index in [1.807, 2.05) is 0 Å². The van der Waals surface area contributed by atoms with E-state index in [2.05, 4.69) is 13.3 Å². The third-order valence-electron chi connectivity index (χ3n) is 1.31. The summed E-state index contributed by atoms with van der Waals surface area (Å²) in [5.74, 6) is 0.935. The highest BCUT2D eigenvalue weighted by Gasteiger charge is 2.08. The van der Waals surface area contributed by atoms with Crippen molar-refractivity contribution in [3.8, 4) is 0 Å². The summed E-state index contributed by atoms with van der Waals surface area (Å²) < 4.78 is 0. The second kappa shape index (κ2) is 1.63. The maximum Gasteiger partial charge on any atom is -0.0171 e. The molecule has 1 unspecified atom stereocenters. The van der Waals surface area contributed by atoms with E-state index in [9.17, 15) is 0 Å². The number of hydrogen-bond donors (Lipinski definition) is 0. The van der Waals surface area contributed by atoms with Gasteiger partial charge in [0.1, 0.15) is 0 Å². The molecule has 0 aromatic heterocycles. The molecule has 0 aromatic rings. The maximum atomic E-state index is 3.27. The molecular formula is C6H10. The summed E-state index contributed by atoms with van der Waals surface area (Å²) in [5, 5.41) is 0. The van der Waals surface area contributed by atoms with E-state index in [0.717, 1.165) is 5.92 Å². The lowest BCUT2D eigenvalue weighted by molar-refractivity contribution is 0.620. The van der Waals surface area contributed by atoms with Gasteiger partial charge >= 0.3 is 0 Å². The van der Waals surface area contributed by atoms with Crippen LogP contribution in [-0.2, 0) is 0 Å². The first-order valence-electron chi connectivity index (χ1n) is 2.60. The van der Waals surface area contributed by atoms with E-state index >= 15 is 0 Å². The van der Waals surface area contributed by atoms with Gasteiger partial charge in [-0.3, -0.25) is 0 Å². The van der Waals surface area contributed by atoms with Crippen LogP contribution in [0, 0.1) is 12.3 Å². The van der Waals surface area contributed by atoms with E-state index in [4.69, 9.17) is 0 Å². The average Bonchev–Trinajstić information content (AvgIpc) is 1.86. The van der Waals surface area contributed by atoms with Crippen molar-refractivity contribution >= 4 is 0 Å². The molecule has 0 heteroatoms. The summed E-state index contributed by atoms with van der Waals surface area (Å²) in [6.07, 6.45) is 7.12. The summed E-state index contributed by atoms with van der Waals surface area (Å²) in [6, 6.07) is 0. The van der Waals surface area contributed by atoms with Crippen LogP contribution in [0.15, 0.2) is 0 Å². The zero-order valence-electron chi connectivity index (χ0n) is 4.20. The highest BCUT2D eigenvalue weighted by molar-refractivity contribution is 4.77. The minimum absolute atomic E-state index is 0.935. The Balaban J connectivity index is 2.18. The zero-order valence-corrected chi connectivity index (χ0v) is 4.20. The zero-order chi connectivity index (χ0) is 4.41. The molecule has 1 atom stereocenters. The lowest BCUT2D eigenvalue weighted by Gasteiger charge is -1.91. The van der Waals surface area contributed by atoms with Crippen LogP contribution in [0.25, 0.3) is 0 Å². The molecule has 0 heterocycles. The minimum Gasteiger partial charge on any atom is -0.0625 e. The Labute approximate surface area is 39.6 Å². The molecule has 0 aliphatic heterocycles. The van der Waals surface area contributed by atoms with Crippen LogP contribution in [0.1, 0.15) is 26.2 Å². The van der Waals surface area contributed by atoms with Crippen molar-refractivity contribution in [3.05, 3.63) is 6.42 Å². The molecule has 6 heavy (non-hydrogen) atoms. The first kappa shape index (κ1) is 4.17. The van der Waals surface area contributed by atoms with Gasteiger partial charge in [-0.1, -0.05) is 13.3 Å². The fraction of sp³-hybridized carbons (Fsp3) is 0.833. The molecule has 0 spiro atoms. The molecule has 0 nitrogen and oxygen atoms in total. The Morgan fingerprint density at radius 3 is 2.67 bits per heavy atom. The lowest BCUT2D eigenvalue weighted by Crippen LogP contribution is -1.78. The van der Waals surface area contributed by atoms with E-state index in [1.165, 1.54) is 19.3 Å². The van der Waals surface area contributed by atoms with E-state index in [-0.39, 0.29) is 0 Å². The summed E-state index contributed by atoms with van der Waals surface area (Å²) >= 11 is 0. The number of hydrogen-bond acceptors (Lipinski definition) is 0. The molecule has 1 saturated carbocycles. The monoisotopic (exact) mass is 82.1 g/mol. The van der Waals surface area contributed by atoms with Crippen molar-refractivity contribution in [2.24, 2.45) is 5.92 Å². The molecule has 1 fully saturated rings. The van der Waals surface area contributed by atoms with Crippen LogP contribution >= 0.6 is 0 Å². The Kier molecular flexibility index (Phi) is 1.13. The predicted molar refractivity (Wildman–Crippen MR) is 26.3 cm³/mol. The van der Waals surface area contributed by atoms with Gasteiger partial charge in [0, 0.05) is 0 Å². The molecule has 1 rings (SSSR count). The highest BCUT2D eigenvalue weighted by Crippen LogP contribution is 2.21. The molecule has 2 radical (unpaired) electrons. The van der Waals surface area contributed by atoms with Crippen LogP contribution in [-0.4, -0.2) is 0 Å². The van der Waals surface area contributed by atoms with Gasteiger partial charge in [-0.25, -0.2) is 0 Å². The maximum absolute atomic E-state index is 3.27. The predicted octanol–water partition coefficient (Wildman–Crippen LogP) is 1.89. The standard InChI is InChI=1S/C6H10/c1-6-4-2-3-5-6/h6H,2,4-5H2,1H3. The van der Waals surface area contributed by atoms with Crippen molar-refractivity contribution in [1.29, 1.82) is 0 Å². The van der Waals surface area contributed by atoms with Crippen LogP contribution in [0.5, 0.6) is 0 Å². The first-order chi connectivity index (χ1) is 2.89. The van der Waals surface area contributed by atoms with Gasteiger partial charge in [-0.05, 0) is 25.2 Å². The summed E-state index contributed by atoms with van der Waals surface area (Å²) in [6.45, 7) is 2.28. The highest BCUT2D eigenvalue weighted by atomic mass is 14.1. The van der Waals surface area contributed by atoms with Gasteiger partial charge in [-0.15, -0.1) is 0 Å². The lowest BCUT2D eigenvalue weighted by atomic mass is 10.2. The van der Waals surface area contributed by atoms with Crippen LogP contribution < -0.4 is 0 Å². The molecule has 0 N–H and O–H groups in total. The van der Waals surface area contributed by atoms with E-state index < -0.39 is 0 Å². The summed E-state index contributed by atoms with van der Waals surface area (Å²) in [4.78, 5) is 0. The normalized spacial score (nSPS) is 25.5. The average molecular weight is 82.1 g/mol. The quantitative estimate of drug-likeness (QED) is 0.418. The number of rotatable bonds is 0. The second-order valence-corrected chi connectivity index (χ2v) is 2.10. The van der Waals surface area contributed by atoms with Gasteiger partial charge in [0.2, 0.25) is 0 Å². The largest absolute Gasteiger partial charge is 0.0625 e. The molecule has 0 bridgehead atoms. The minimum atomic E-state index is 0.935. The first-order valence-corrected chi connectivity index (χ1v) is 2.60. The van der Waals surface area contributed by atoms with Crippen molar-refractivity contribution in [2.45, 2.75) is 26.2 Å². The third kappa shape index (κ3) is 0.735. The molecular weight excluding hydrogens is 72.1 g/mol. The Morgan fingerprint density at radius 2 is 2.50 bits per heavy atom. The fourth-order valence-corrected chi connectivity index (χ4v) is 0.799. The summed E-state index contributed by atoms with van der Waals surface area (Å²) in [7, 11) is 0. The van der Waals surface area contributed by atoms with Gasteiger partial charge in [0.05, 0.1) is 0 Å². The van der Waals surface area contributed by atoms with Crippen LogP contribution in [0.2, 0.25) is 0 Å². The molecule has 1 aliphatic rings. The van der Waals surface area contributed by atoms with Gasteiger partial charge < -0.3 is 0 Å². The van der Waals surface area contributed by atoms with E-state index in [1.54, 1.807) is 0 Å². The van der Waals surface area contributed by atoms with Crippen molar-refractivity contribution < 1.29 is 0 Å². The van der Waals surface area contributed by atoms with Crippen molar-refractivity contribution in [3.63, 3.8) is 0 Å². The van der Waals surface area contributed by atoms with Crippen molar-refractivity contribution in [2.75, 3.05) is 0 Å². The second-order valence-electron chi connectivity index (χ2n) is 2.10. The molecule has 34 valence electrons. The van der Waals surface area contributed by atoms with Crippen LogP contribution in [0.3, 0.4) is 0 Å². The topological polar surface area (TPSA) is 0 Å². The third-order valence-corrected chi connectivity index (χ3v) is 1.31. The van der Waals surface area contributed by atoms with Gasteiger partial charge in [0.15, 0.2) is 0 Å². The van der Waals surface area contributed by atoms with E-state index in [0.29, 0.717) is 0 Å².